The zero-order chi connectivity index (χ0) is 14.8. The normalized spacial score (nSPS) is 27.6. The maximum absolute atomic E-state index is 12.6. The quantitative estimate of drug-likeness (QED) is 0.710. The number of carbonyl (C=O) groups is 1. The summed E-state index contributed by atoms with van der Waals surface area (Å²) in [5, 5.41) is 0. The SMILES string of the molecule is COC(=O)CCN(C)S(=O)(=O)N1CCC2CCCCC21. The smallest absolute Gasteiger partial charge is 0.306 e. The van der Waals surface area contributed by atoms with Gasteiger partial charge in [-0.3, -0.25) is 4.79 Å². The summed E-state index contributed by atoms with van der Waals surface area (Å²) in [5.74, 6) is 0.136. The van der Waals surface area contributed by atoms with Crippen molar-refractivity contribution in [2.75, 3.05) is 27.2 Å². The molecule has 0 spiro atoms. The van der Waals surface area contributed by atoms with Gasteiger partial charge in [-0.25, -0.2) is 0 Å². The molecular formula is C13H24N2O4S. The second-order valence-corrected chi connectivity index (χ2v) is 7.65. The molecule has 0 aromatic carbocycles. The summed E-state index contributed by atoms with van der Waals surface area (Å²) < 4.78 is 32.7. The molecule has 1 saturated carbocycles. The average Bonchev–Trinajstić information content (AvgIpc) is 2.88. The van der Waals surface area contributed by atoms with Crippen LogP contribution in [0.2, 0.25) is 0 Å². The number of methoxy groups -OCH3 is 1. The Hall–Kier alpha value is -0.660. The molecular weight excluding hydrogens is 280 g/mol. The first-order valence-corrected chi connectivity index (χ1v) is 8.66. The highest BCUT2D eigenvalue weighted by atomic mass is 32.2. The maximum atomic E-state index is 12.6. The van der Waals surface area contributed by atoms with Crippen LogP contribution in [0.5, 0.6) is 0 Å². The third kappa shape index (κ3) is 3.15. The molecule has 6 nitrogen and oxygen atoms in total. The first-order valence-electron chi connectivity index (χ1n) is 7.26. The van der Waals surface area contributed by atoms with Crippen LogP contribution in [-0.4, -0.2) is 56.3 Å². The highest BCUT2D eigenvalue weighted by Gasteiger charge is 2.43. The molecule has 2 fully saturated rings. The second kappa shape index (κ2) is 6.41. The van der Waals surface area contributed by atoms with Gasteiger partial charge in [-0.1, -0.05) is 12.8 Å². The molecule has 2 atom stereocenters. The lowest BCUT2D eigenvalue weighted by atomic mass is 9.86. The molecule has 2 unspecified atom stereocenters. The van der Waals surface area contributed by atoms with E-state index < -0.39 is 10.2 Å². The number of fused-ring (bicyclic) bond motifs is 1. The lowest BCUT2D eigenvalue weighted by Crippen LogP contribution is -2.46. The maximum Gasteiger partial charge on any atom is 0.306 e. The molecule has 1 aliphatic heterocycles. The van der Waals surface area contributed by atoms with Crippen molar-refractivity contribution in [1.82, 2.24) is 8.61 Å². The molecule has 2 aliphatic rings. The van der Waals surface area contributed by atoms with Crippen LogP contribution in [0, 0.1) is 5.92 Å². The Morgan fingerprint density at radius 1 is 1.30 bits per heavy atom. The minimum atomic E-state index is -3.45. The van der Waals surface area contributed by atoms with Crippen LogP contribution in [-0.2, 0) is 19.7 Å². The summed E-state index contributed by atoms with van der Waals surface area (Å²) in [6.45, 7) is 0.781. The summed E-state index contributed by atoms with van der Waals surface area (Å²) in [5.41, 5.74) is 0. The highest BCUT2D eigenvalue weighted by molar-refractivity contribution is 7.86. The van der Waals surface area contributed by atoms with Gasteiger partial charge in [-0.05, 0) is 25.2 Å². The van der Waals surface area contributed by atoms with Crippen molar-refractivity contribution < 1.29 is 17.9 Å². The monoisotopic (exact) mass is 304 g/mol. The Balaban J connectivity index is 2.00. The molecule has 1 aliphatic carbocycles. The number of hydrogen-bond donors (Lipinski definition) is 0. The molecule has 116 valence electrons. The topological polar surface area (TPSA) is 66.9 Å². The summed E-state index contributed by atoms with van der Waals surface area (Å²) in [7, 11) is -0.609. The van der Waals surface area contributed by atoms with Crippen molar-refractivity contribution in [3.8, 4) is 0 Å². The van der Waals surface area contributed by atoms with Gasteiger partial charge in [0.2, 0.25) is 0 Å². The number of carbonyl (C=O) groups excluding carboxylic acids is 1. The summed E-state index contributed by atoms with van der Waals surface area (Å²) >= 11 is 0. The van der Waals surface area contributed by atoms with Crippen LogP contribution in [0.15, 0.2) is 0 Å². The van der Waals surface area contributed by atoms with E-state index in [0.717, 1.165) is 25.7 Å². The van der Waals surface area contributed by atoms with Gasteiger partial charge in [0.15, 0.2) is 0 Å². The lowest BCUT2D eigenvalue weighted by Gasteiger charge is -2.33. The van der Waals surface area contributed by atoms with Crippen LogP contribution >= 0.6 is 0 Å². The van der Waals surface area contributed by atoms with Crippen molar-refractivity contribution >= 4 is 16.2 Å². The van der Waals surface area contributed by atoms with Crippen molar-refractivity contribution in [3.05, 3.63) is 0 Å². The predicted octanol–water partition coefficient (Wildman–Crippen LogP) is 0.991. The van der Waals surface area contributed by atoms with Crippen molar-refractivity contribution in [3.63, 3.8) is 0 Å². The molecule has 0 N–H and O–H groups in total. The van der Waals surface area contributed by atoms with Crippen LogP contribution in [0.3, 0.4) is 0 Å². The Bertz CT molecular complexity index is 451. The fraction of sp³-hybridized carbons (Fsp3) is 0.923. The van der Waals surface area contributed by atoms with Gasteiger partial charge in [0.1, 0.15) is 0 Å². The zero-order valence-electron chi connectivity index (χ0n) is 12.2. The van der Waals surface area contributed by atoms with Crippen molar-refractivity contribution in [1.29, 1.82) is 0 Å². The molecule has 0 aromatic rings. The Kier molecular flexibility index (Phi) is 5.04. The van der Waals surface area contributed by atoms with Gasteiger partial charge in [0, 0.05) is 26.2 Å². The van der Waals surface area contributed by atoms with Crippen molar-refractivity contribution in [2.45, 2.75) is 44.6 Å². The highest BCUT2D eigenvalue weighted by Crippen LogP contribution is 2.38. The van der Waals surface area contributed by atoms with Crippen LogP contribution in [0.25, 0.3) is 0 Å². The molecule has 20 heavy (non-hydrogen) atoms. The molecule has 2 rings (SSSR count). The molecule has 0 amide bonds. The second-order valence-electron chi connectivity index (χ2n) is 5.67. The average molecular weight is 304 g/mol. The molecule has 1 heterocycles. The van der Waals surface area contributed by atoms with Crippen molar-refractivity contribution in [2.24, 2.45) is 5.92 Å². The molecule has 1 saturated heterocycles. The number of nitrogens with zero attached hydrogens (tertiary/aromatic N) is 2. The predicted molar refractivity (Wildman–Crippen MR) is 75.3 cm³/mol. The summed E-state index contributed by atoms with van der Waals surface area (Å²) in [6.07, 6.45) is 5.49. The summed E-state index contributed by atoms with van der Waals surface area (Å²) in [4.78, 5) is 11.1. The number of rotatable bonds is 5. The fourth-order valence-corrected chi connectivity index (χ4v) is 4.93. The Labute approximate surface area is 121 Å². The summed E-state index contributed by atoms with van der Waals surface area (Å²) in [6, 6.07) is 0.161. The van der Waals surface area contributed by atoms with E-state index >= 15 is 0 Å². The van der Waals surface area contributed by atoms with E-state index in [1.165, 1.54) is 24.9 Å². The van der Waals surface area contributed by atoms with E-state index in [9.17, 15) is 13.2 Å². The van der Waals surface area contributed by atoms with E-state index in [4.69, 9.17) is 0 Å². The van der Waals surface area contributed by atoms with Gasteiger partial charge in [0.25, 0.3) is 10.2 Å². The van der Waals surface area contributed by atoms with Crippen LogP contribution < -0.4 is 0 Å². The van der Waals surface area contributed by atoms with Crippen LogP contribution in [0.1, 0.15) is 38.5 Å². The number of hydrogen-bond acceptors (Lipinski definition) is 4. The molecule has 7 heteroatoms. The van der Waals surface area contributed by atoms with E-state index in [-0.39, 0.29) is 25.0 Å². The third-order valence-corrected chi connectivity index (χ3v) is 6.52. The first kappa shape index (κ1) is 15.7. The minimum Gasteiger partial charge on any atom is -0.469 e. The molecule has 0 aromatic heterocycles. The number of ether oxygens (including phenoxy) is 1. The Morgan fingerprint density at radius 3 is 2.70 bits per heavy atom. The van der Waals surface area contributed by atoms with Gasteiger partial charge in [0.05, 0.1) is 13.5 Å². The standard InChI is InChI=1S/C13H24N2O4S/c1-14(9-8-13(16)19-2)20(17,18)15-10-7-11-5-3-4-6-12(11)15/h11-12H,3-10H2,1-2H3. The van der Waals surface area contributed by atoms with E-state index in [1.54, 1.807) is 4.31 Å². The minimum absolute atomic E-state index is 0.0914. The van der Waals surface area contributed by atoms with Gasteiger partial charge in [-0.2, -0.15) is 17.0 Å². The lowest BCUT2D eigenvalue weighted by molar-refractivity contribution is -0.140. The Morgan fingerprint density at radius 2 is 2.00 bits per heavy atom. The van der Waals surface area contributed by atoms with Gasteiger partial charge >= 0.3 is 5.97 Å². The van der Waals surface area contributed by atoms with E-state index in [1.807, 2.05) is 0 Å². The van der Waals surface area contributed by atoms with Gasteiger partial charge in [-0.15, -0.1) is 0 Å². The van der Waals surface area contributed by atoms with E-state index in [0.29, 0.717) is 12.5 Å². The largest absolute Gasteiger partial charge is 0.469 e. The molecule has 0 bridgehead atoms. The zero-order valence-corrected chi connectivity index (χ0v) is 13.1. The fourth-order valence-electron chi connectivity index (χ4n) is 3.29. The van der Waals surface area contributed by atoms with Gasteiger partial charge < -0.3 is 4.74 Å². The van der Waals surface area contributed by atoms with Crippen LogP contribution in [0.4, 0.5) is 0 Å². The third-order valence-electron chi connectivity index (χ3n) is 4.51. The molecule has 0 radical (unpaired) electrons. The van der Waals surface area contributed by atoms with E-state index in [2.05, 4.69) is 4.74 Å². The first-order chi connectivity index (χ1) is 9.46. The number of esters is 1.